The topological polar surface area (TPSA) is 144 Å². The predicted octanol–water partition coefficient (Wildman–Crippen LogP) is 4.43. The third-order valence-electron chi connectivity index (χ3n) is 7.06. The lowest BCUT2D eigenvalue weighted by atomic mass is 9.51. The van der Waals surface area contributed by atoms with Crippen molar-refractivity contribution in [1.82, 2.24) is 5.32 Å². The third kappa shape index (κ3) is 8.31. The van der Waals surface area contributed by atoms with E-state index in [2.05, 4.69) is 5.32 Å². The van der Waals surface area contributed by atoms with E-state index in [9.17, 15) is 24.0 Å². The number of esters is 4. The number of benzene rings is 2. The molecule has 3 rings (SSSR count). The number of rotatable bonds is 15. The normalized spacial score (nSPS) is 19.0. The van der Waals surface area contributed by atoms with Crippen molar-refractivity contribution < 1.29 is 47.7 Å². The molecule has 1 fully saturated rings. The number of para-hydroxylation sites is 1. The van der Waals surface area contributed by atoms with Crippen molar-refractivity contribution in [2.24, 2.45) is 17.3 Å². The van der Waals surface area contributed by atoms with Gasteiger partial charge >= 0.3 is 23.9 Å². The highest BCUT2D eigenvalue weighted by Gasteiger charge is 2.64. The van der Waals surface area contributed by atoms with Crippen molar-refractivity contribution in [3.05, 3.63) is 60.2 Å². The molecule has 0 aliphatic heterocycles. The van der Waals surface area contributed by atoms with E-state index in [1.165, 1.54) is 0 Å². The standard InChI is InChI=1S/C31H37NO10/c1-4-16-31(30(37)32-18-21-12-14-23(15-13-21)42-22-10-8-7-9-11-22)17-24(28(35)40-19-38-25(33)5-2)27(31)29(36)41-20-39-26(34)6-3/h7-15,24,27H,4-6,16-20H2,1-3H3,(H,32,37). The number of carbonyl (C=O) groups is 5. The Labute approximate surface area is 244 Å². The van der Waals surface area contributed by atoms with Gasteiger partial charge in [-0.1, -0.05) is 57.5 Å². The van der Waals surface area contributed by atoms with Gasteiger partial charge in [0.25, 0.3) is 0 Å². The quantitative estimate of drug-likeness (QED) is 0.236. The number of nitrogens with one attached hydrogen (secondary N) is 1. The molecule has 1 amide bonds. The monoisotopic (exact) mass is 583 g/mol. The Morgan fingerprint density at radius 2 is 1.33 bits per heavy atom. The van der Waals surface area contributed by atoms with E-state index in [1.54, 1.807) is 26.0 Å². The average molecular weight is 584 g/mol. The molecule has 42 heavy (non-hydrogen) atoms. The first-order valence-corrected chi connectivity index (χ1v) is 14.0. The van der Waals surface area contributed by atoms with Gasteiger partial charge in [0.2, 0.25) is 19.5 Å². The summed E-state index contributed by atoms with van der Waals surface area (Å²) in [5.74, 6) is -4.04. The summed E-state index contributed by atoms with van der Waals surface area (Å²) in [5.41, 5.74) is -0.449. The van der Waals surface area contributed by atoms with Crippen LogP contribution in [0.25, 0.3) is 0 Å². The summed E-state index contributed by atoms with van der Waals surface area (Å²) in [6.45, 7) is 3.98. The number of amides is 1. The molecule has 226 valence electrons. The molecular weight excluding hydrogens is 546 g/mol. The van der Waals surface area contributed by atoms with Gasteiger partial charge in [-0.05, 0) is 42.7 Å². The first-order chi connectivity index (χ1) is 20.2. The number of carbonyl (C=O) groups excluding carboxylic acids is 5. The minimum Gasteiger partial charge on any atom is -0.457 e. The van der Waals surface area contributed by atoms with E-state index in [-0.39, 0.29) is 25.8 Å². The molecule has 0 radical (unpaired) electrons. The SMILES string of the molecule is CCCC1(C(=O)NCc2ccc(Oc3ccccc3)cc2)CC(C(=O)OCOC(=O)CC)C1C(=O)OCOC(=O)CC. The minimum atomic E-state index is -1.25. The van der Waals surface area contributed by atoms with Crippen LogP contribution in [0.1, 0.15) is 58.4 Å². The summed E-state index contributed by atoms with van der Waals surface area (Å²) in [7, 11) is 0. The average Bonchev–Trinajstić information content (AvgIpc) is 2.98. The summed E-state index contributed by atoms with van der Waals surface area (Å²) in [6.07, 6.45) is 1.07. The van der Waals surface area contributed by atoms with E-state index in [0.29, 0.717) is 24.3 Å². The predicted molar refractivity (Wildman–Crippen MR) is 148 cm³/mol. The van der Waals surface area contributed by atoms with Crippen molar-refractivity contribution in [1.29, 1.82) is 0 Å². The van der Waals surface area contributed by atoms with E-state index in [1.807, 2.05) is 49.4 Å². The zero-order valence-electron chi connectivity index (χ0n) is 24.1. The van der Waals surface area contributed by atoms with Gasteiger partial charge < -0.3 is 29.0 Å². The van der Waals surface area contributed by atoms with Crippen molar-refractivity contribution >= 4 is 29.8 Å². The van der Waals surface area contributed by atoms with E-state index >= 15 is 0 Å². The van der Waals surface area contributed by atoms with Gasteiger partial charge in [-0.3, -0.25) is 24.0 Å². The van der Waals surface area contributed by atoms with Gasteiger partial charge in [-0.25, -0.2) is 0 Å². The zero-order chi connectivity index (χ0) is 30.5. The Morgan fingerprint density at radius 1 is 0.762 bits per heavy atom. The second-order valence-electron chi connectivity index (χ2n) is 9.84. The molecule has 0 bridgehead atoms. The molecule has 1 aliphatic carbocycles. The molecule has 1 aliphatic rings. The number of ether oxygens (including phenoxy) is 5. The van der Waals surface area contributed by atoms with E-state index in [0.717, 1.165) is 5.56 Å². The Morgan fingerprint density at radius 3 is 1.90 bits per heavy atom. The van der Waals surface area contributed by atoms with Crippen LogP contribution in [0.2, 0.25) is 0 Å². The molecular formula is C31H37NO10. The molecule has 0 heterocycles. The fraction of sp³-hybridized carbons (Fsp3) is 0.452. The molecule has 0 spiro atoms. The van der Waals surface area contributed by atoms with E-state index < -0.39 is 60.6 Å². The Kier molecular flexibility index (Phi) is 11.9. The largest absolute Gasteiger partial charge is 0.457 e. The first kappa shape index (κ1) is 32.1. The van der Waals surface area contributed by atoms with Crippen LogP contribution in [-0.4, -0.2) is 43.4 Å². The fourth-order valence-corrected chi connectivity index (χ4v) is 4.89. The second-order valence-corrected chi connectivity index (χ2v) is 9.84. The van der Waals surface area contributed by atoms with Crippen LogP contribution in [0, 0.1) is 17.3 Å². The summed E-state index contributed by atoms with van der Waals surface area (Å²) >= 11 is 0. The molecule has 2 aromatic rings. The third-order valence-corrected chi connectivity index (χ3v) is 7.06. The van der Waals surface area contributed by atoms with E-state index in [4.69, 9.17) is 23.7 Å². The van der Waals surface area contributed by atoms with Crippen molar-refractivity contribution in [3.63, 3.8) is 0 Å². The second kappa shape index (κ2) is 15.6. The van der Waals surface area contributed by atoms with Crippen molar-refractivity contribution in [2.45, 2.75) is 59.4 Å². The summed E-state index contributed by atoms with van der Waals surface area (Å²) in [5, 5.41) is 2.89. The maximum absolute atomic E-state index is 13.6. The molecule has 2 aromatic carbocycles. The Hall–Kier alpha value is -4.41. The van der Waals surface area contributed by atoms with Gasteiger partial charge in [0.1, 0.15) is 11.5 Å². The van der Waals surface area contributed by atoms with Crippen LogP contribution < -0.4 is 10.1 Å². The molecule has 0 saturated heterocycles. The van der Waals surface area contributed by atoms with Crippen LogP contribution in [0.4, 0.5) is 0 Å². The molecule has 3 unspecified atom stereocenters. The van der Waals surface area contributed by atoms with Crippen LogP contribution in [-0.2, 0) is 49.5 Å². The van der Waals surface area contributed by atoms with Crippen molar-refractivity contribution in [2.75, 3.05) is 13.6 Å². The highest BCUT2D eigenvalue weighted by Crippen LogP contribution is 2.55. The number of hydrogen-bond acceptors (Lipinski definition) is 10. The fourth-order valence-electron chi connectivity index (χ4n) is 4.89. The van der Waals surface area contributed by atoms with Gasteiger partial charge in [-0.15, -0.1) is 0 Å². The van der Waals surface area contributed by atoms with Gasteiger partial charge in [-0.2, -0.15) is 0 Å². The smallest absolute Gasteiger partial charge is 0.313 e. The van der Waals surface area contributed by atoms with Crippen molar-refractivity contribution in [3.8, 4) is 11.5 Å². The lowest BCUT2D eigenvalue weighted by Crippen LogP contribution is -2.62. The van der Waals surface area contributed by atoms with Crippen LogP contribution in [0.5, 0.6) is 11.5 Å². The first-order valence-electron chi connectivity index (χ1n) is 14.0. The van der Waals surface area contributed by atoms with Gasteiger partial charge in [0, 0.05) is 19.4 Å². The maximum Gasteiger partial charge on any atom is 0.313 e. The molecule has 1 N–H and O–H groups in total. The Bertz CT molecular complexity index is 1230. The van der Waals surface area contributed by atoms with Gasteiger partial charge in [0.15, 0.2) is 0 Å². The highest BCUT2D eigenvalue weighted by atomic mass is 16.7. The summed E-state index contributed by atoms with van der Waals surface area (Å²) in [4.78, 5) is 62.5. The zero-order valence-corrected chi connectivity index (χ0v) is 24.1. The highest BCUT2D eigenvalue weighted by molar-refractivity contribution is 5.95. The lowest BCUT2D eigenvalue weighted by Gasteiger charge is -2.50. The summed E-state index contributed by atoms with van der Waals surface area (Å²) in [6, 6.07) is 16.5. The van der Waals surface area contributed by atoms with Crippen LogP contribution in [0.3, 0.4) is 0 Å². The minimum absolute atomic E-state index is 0.0333. The summed E-state index contributed by atoms with van der Waals surface area (Å²) < 4.78 is 25.7. The maximum atomic E-state index is 13.6. The molecule has 1 saturated carbocycles. The van der Waals surface area contributed by atoms with Crippen LogP contribution in [0.15, 0.2) is 54.6 Å². The molecule has 3 atom stereocenters. The Balaban J connectivity index is 1.70. The molecule has 0 aromatic heterocycles. The van der Waals surface area contributed by atoms with Crippen LogP contribution >= 0.6 is 0 Å². The number of hydrogen-bond donors (Lipinski definition) is 1. The van der Waals surface area contributed by atoms with Gasteiger partial charge in [0.05, 0.1) is 17.3 Å². The molecule has 11 heteroatoms. The lowest BCUT2D eigenvalue weighted by molar-refractivity contribution is -0.200. The molecule has 11 nitrogen and oxygen atoms in total.